The number of benzene rings is 1. The van der Waals surface area contributed by atoms with E-state index in [1.54, 1.807) is 7.11 Å². The van der Waals surface area contributed by atoms with E-state index in [1.165, 1.54) is 0 Å². The van der Waals surface area contributed by atoms with Crippen molar-refractivity contribution >= 4 is 0 Å². The predicted octanol–water partition coefficient (Wildman–Crippen LogP) is 1.33. The Bertz CT molecular complexity index is 473. The first kappa shape index (κ1) is 20.7. The van der Waals surface area contributed by atoms with Gasteiger partial charge in [0.05, 0.1) is 26.9 Å². The summed E-state index contributed by atoms with van der Waals surface area (Å²) < 4.78 is 16.2. The van der Waals surface area contributed by atoms with E-state index in [0.717, 1.165) is 17.1 Å². The van der Waals surface area contributed by atoms with Crippen LogP contribution in [0.3, 0.4) is 0 Å². The standard InChI is InChI=1S/C18H31NO5/c1-18(2,3)16-11-15(22-4)5-6-17(16)24-13-14(21)12-19-7-9-23-10-8-20/h5-6,11,14,19-21H,7-10,12-13H2,1-4H3/t14-/m1/s1. The smallest absolute Gasteiger partial charge is 0.123 e. The second-order valence-electron chi connectivity index (χ2n) is 6.62. The molecule has 0 saturated carbocycles. The van der Waals surface area contributed by atoms with Crippen molar-refractivity contribution in [1.29, 1.82) is 0 Å². The van der Waals surface area contributed by atoms with Crippen LogP contribution in [0, 0.1) is 0 Å². The first-order valence-corrected chi connectivity index (χ1v) is 8.27. The molecule has 6 nitrogen and oxygen atoms in total. The monoisotopic (exact) mass is 341 g/mol. The molecule has 1 aromatic carbocycles. The highest BCUT2D eigenvalue weighted by Crippen LogP contribution is 2.34. The Labute approximate surface area is 144 Å². The third-order valence-electron chi connectivity index (χ3n) is 3.46. The van der Waals surface area contributed by atoms with Gasteiger partial charge in [0, 0.05) is 18.7 Å². The Morgan fingerprint density at radius 1 is 1.21 bits per heavy atom. The van der Waals surface area contributed by atoms with Crippen LogP contribution in [0.25, 0.3) is 0 Å². The summed E-state index contributed by atoms with van der Waals surface area (Å²) in [5.74, 6) is 1.55. The van der Waals surface area contributed by atoms with Crippen LogP contribution >= 0.6 is 0 Å². The van der Waals surface area contributed by atoms with Gasteiger partial charge in [0.25, 0.3) is 0 Å². The maximum absolute atomic E-state index is 10.0. The molecule has 3 N–H and O–H groups in total. The van der Waals surface area contributed by atoms with Gasteiger partial charge in [-0.05, 0) is 23.6 Å². The lowest BCUT2D eigenvalue weighted by Crippen LogP contribution is -2.33. The highest BCUT2D eigenvalue weighted by atomic mass is 16.5. The van der Waals surface area contributed by atoms with Crippen LogP contribution in [-0.4, -0.2) is 62.9 Å². The maximum atomic E-state index is 10.0. The van der Waals surface area contributed by atoms with Crippen LogP contribution < -0.4 is 14.8 Å². The highest BCUT2D eigenvalue weighted by Gasteiger charge is 2.20. The maximum Gasteiger partial charge on any atom is 0.123 e. The fourth-order valence-corrected chi connectivity index (χ4v) is 2.17. The Morgan fingerprint density at radius 2 is 1.96 bits per heavy atom. The van der Waals surface area contributed by atoms with Gasteiger partial charge in [-0.1, -0.05) is 20.8 Å². The molecule has 0 aliphatic heterocycles. The molecule has 1 aromatic rings. The third kappa shape index (κ3) is 7.49. The average molecular weight is 341 g/mol. The van der Waals surface area contributed by atoms with E-state index in [9.17, 15) is 5.11 Å². The molecule has 138 valence electrons. The lowest BCUT2D eigenvalue weighted by molar-refractivity contribution is 0.0839. The van der Waals surface area contributed by atoms with E-state index in [1.807, 2.05) is 18.2 Å². The van der Waals surface area contributed by atoms with Gasteiger partial charge >= 0.3 is 0 Å². The van der Waals surface area contributed by atoms with E-state index >= 15 is 0 Å². The summed E-state index contributed by atoms with van der Waals surface area (Å²) in [6.45, 7) is 8.43. The molecule has 1 rings (SSSR count). The fourth-order valence-electron chi connectivity index (χ4n) is 2.17. The summed E-state index contributed by atoms with van der Waals surface area (Å²) >= 11 is 0. The van der Waals surface area contributed by atoms with Crippen molar-refractivity contribution in [1.82, 2.24) is 5.32 Å². The van der Waals surface area contributed by atoms with Crippen LogP contribution in [0.1, 0.15) is 26.3 Å². The largest absolute Gasteiger partial charge is 0.497 e. The minimum Gasteiger partial charge on any atom is -0.497 e. The molecule has 6 heteroatoms. The van der Waals surface area contributed by atoms with E-state index in [-0.39, 0.29) is 18.6 Å². The molecule has 0 amide bonds. The topological polar surface area (TPSA) is 80.2 Å². The molecule has 0 aliphatic rings. The van der Waals surface area contributed by atoms with Gasteiger partial charge in [-0.2, -0.15) is 0 Å². The molecule has 0 fully saturated rings. The second-order valence-corrected chi connectivity index (χ2v) is 6.62. The molecule has 0 aliphatic carbocycles. The molecular weight excluding hydrogens is 310 g/mol. The Balaban J connectivity index is 2.46. The molecule has 0 radical (unpaired) electrons. The zero-order valence-electron chi connectivity index (χ0n) is 15.2. The second kappa shape index (κ2) is 10.5. The zero-order valence-corrected chi connectivity index (χ0v) is 15.2. The van der Waals surface area contributed by atoms with Crippen LogP contribution in [0.2, 0.25) is 0 Å². The third-order valence-corrected chi connectivity index (χ3v) is 3.46. The normalized spacial score (nSPS) is 12.9. The molecule has 0 heterocycles. The summed E-state index contributed by atoms with van der Waals surface area (Å²) in [5.41, 5.74) is 0.955. The fraction of sp³-hybridized carbons (Fsp3) is 0.667. The summed E-state index contributed by atoms with van der Waals surface area (Å²) in [7, 11) is 1.64. The van der Waals surface area contributed by atoms with E-state index in [0.29, 0.717) is 26.3 Å². The number of hydrogen-bond donors (Lipinski definition) is 3. The number of hydrogen-bond acceptors (Lipinski definition) is 6. The number of ether oxygens (including phenoxy) is 3. The Kier molecular flexibility index (Phi) is 9.07. The van der Waals surface area contributed by atoms with Gasteiger partial charge < -0.3 is 29.7 Å². The molecule has 0 saturated heterocycles. The quantitative estimate of drug-likeness (QED) is 0.527. The molecule has 1 atom stereocenters. The van der Waals surface area contributed by atoms with Crippen molar-refractivity contribution in [2.75, 3.05) is 46.6 Å². The summed E-state index contributed by atoms with van der Waals surface area (Å²) in [5, 5.41) is 21.7. The Hall–Kier alpha value is -1.34. The van der Waals surface area contributed by atoms with E-state index in [4.69, 9.17) is 19.3 Å². The lowest BCUT2D eigenvalue weighted by atomic mass is 9.86. The van der Waals surface area contributed by atoms with Crippen molar-refractivity contribution in [2.24, 2.45) is 0 Å². The van der Waals surface area contributed by atoms with Gasteiger partial charge in [0.2, 0.25) is 0 Å². The van der Waals surface area contributed by atoms with Crippen LogP contribution in [-0.2, 0) is 10.2 Å². The van der Waals surface area contributed by atoms with Crippen molar-refractivity contribution in [3.05, 3.63) is 23.8 Å². The minimum atomic E-state index is -0.613. The van der Waals surface area contributed by atoms with Gasteiger partial charge in [-0.3, -0.25) is 0 Å². The molecule has 0 bridgehead atoms. The van der Waals surface area contributed by atoms with Crippen molar-refractivity contribution < 1.29 is 24.4 Å². The number of aliphatic hydroxyl groups excluding tert-OH is 2. The number of rotatable bonds is 11. The SMILES string of the molecule is COc1ccc(OC[C@H](O)CNCCOCCO)c(C(C)(C)C)c1. The van der Waals surface area contributed by atoms with E-state index in [2.05, 4.69) is 26.1 Å². The molecular formula is C18H31NO5. The molecule has 24 heavy (non-hydrogen) atoms. The molecule has 0 aromatic heterocycles. The highest BCUT2D eigenvalue weighted by molar-refractivity contribution is 5.44. The summed E-state index contributed by atoms with van der Waals surface area (Å²) in [6, 6.07) is 5.70. The number of aliphatic hydroxyl groups is 2. The lowest BCUT2D eigenvalue weighted by Gasteiger charge is -2.24. The molecule has 0 unspecified atom stereocenters. The first-order valence-electron chi connectivity index (χ1n) is 8.27. The van der Waals surface area contributed by atoms with E-state index < -0.39 is 6.10 Å². The average Bonchev–Trinajstić information content (AvgIpc) is 2.55. The van der Waals surface area contributed by atoms with Gasteiger partial charge in [0.1, 0.15) is 24.2 Å². The van der Waals surface area contributed by atoms with Gasteiger partial charge in [0.15, 0.2) is 0 Å². The minimum absolute atomic E-state index is 0.0223. The van der Waals surface area contributed by atoms with Crippen molar-refractivity contribution in [3.63, 3.8) is 0 Å². The molecule has 0 spiro atoms. The Morgan fingerprint density at radius 3 is 2.58 bits per heavy atom. The summed E-state index contributed by atoms with van der Waals surface area (Å²) in [6.07, 6.45) is -0.613. The number of nitrogens with one attached hydrogen (secondary N) is 1. The predicted molar refractivity (Wildman–Crippen MR) is 94.0 cm³/mol. The van der Waals surface area contributed by atoms with Gasteiger partial charge in [-0.25, -0.2) is 0 Å². The van der Waals surface area contributed by atoms with Crippen LogP contribution in [0.4, 0.5) is 0 Å². The number of methoxy groups -OCH3 is 1. The van der Waals surface area contributed by atoms with Crippen molar-refractivity contribution in [3.8, 4) is 11.5 Å². The van der Waals surface area contributed by atoms with Crippen molar-refractivity contribution in [2.45, 2.75) is 32.3 Å². The van der Waals surface area contributed by atoms with Gasteiger partial charge in [-0.15, -0.1) is 0 Å². The van der Waals surface area contributed by atoms with Crippen LogP contribution in [0.15, 0.2) is 18.2 Å². The van der Waals surface area contributed by atoms with Crippen LogP contribution in [0.5, 0.6) is 11.5 Å². The zero-order chi connectivity index (χ0) is 18.0. The summed E-state index contributed by atoms with van der Waals surface area (Å²) in [4.78, 5) is 0. The first-order chi connectivity index (χ1) is 11.4.